The Balaban J connectivity index is 1.76. The normalized spacial score (nSPS) is 14.0. The van der Waals surface area contributed by atoms with Crippen molar-refractivity contribution in [1.82, 2.24) is 5.32 Å². The summed E-state index contributed by atoms with van der Waals surface area (Å²) in [5.74, 6) is -0.340. The molecule has 1 aromatic carbocycles. The summed E-state index contributed by atoms with van der Waals surface area (Å²) in [4.78, 5) is 12.8. The molecule has 0 saturated carbocycles. The van der Waals surface area contributed by atoms with E-state index in [1.807, 2.05) is 0 Å². The number of hydrogen-bond acceptors (Lipinski definition) is 4. The Labute approximate surface area is 150 Å². The Morgan fingerprint density at radius 1 is 1.12 bits per heavy atom. The van der Waals surface area contributed by atoms with Crippen molar-refractivity contribution in [2.75, 3.05) is 6.54 Å². The summed E-state index contributed by atoms with van der Waals surface area (Å²) in [5.41, 5.74) is -2.34. The average Bonchev–Trinajstić information content (AvgIpc) is 3.32. The van der Waals surface area contributed by atoms with Crippen molar-refractivity contribution >= 4 is 17.2 Å². The van der Waals surface area contributed by atoms with Crippen LogP contribution in [0.4, 0.5) is 13.2 Å². The summed E-state index contributed by atoms with van der Waals surface area (Å²) >= 11 is 1.29. The van der Waals surface area contributed by atoms with Crippen LogP contribution < -0.4 is 5.32 Å². The van der Waals surface area contributed by atoms with Gasteiger partial charge in [0.1, 0.15) is 5.76 Å². The van der Waals surface area contributed by atoms with Crippen LogP contribution in [0.1, 0.15) is 26.6 Å². The molecule has 1 atom stereocenters. The van der Waals surface area contributed by atoms with Gasteiger partial charge in [-0.1, -0.05) is 6.07 Å². The van der Waals surface area contributed by atoms with Gasteiger partial charge in [-0.15, -0.1) is 11.3 Å². The number of furan rings is 1. The number of rotatable bonds is 5. The summed E-state index contributed by atoms with van der Waals surface area (Å²) in [6.07, 6.45) is -3.06. The molecular weight excluding hydrogens is 367 g/mol. The molecule has 0 aliphatic rings. The van der Waals surface area contributed by atoms with Crippen LogP contribution in [0.3, 0.4) is 0 Å². The van der Waals surface area contributed by atoms with Crippen molar-refractivity contribution in [1.29, 1.82) is 0 Å². The largest absolute Gasteiger partial charge is 0.466 e. The third kappa shape index (κ3) is 3.66. The lowest BCUT2D eigenvalue weighted by Gasteiger charge is -2.25. The van der Waals surface area contributed by atoms with Gasteiger partial charge in [0.15, 0.2) is 5.60 Å². The van der Waals surface area contributed by atoms with Crippen molar-refractivity contribution in [3.8, 4) is 0 Å². The highest BCUT2D eigenvalue weighted by atomic mass is 32.1. The second-order valence-electron chi connectivity index (χ2n) is 5.57. The van der Waals surface area contributed by atoms with E-state index in [4.69, 9.17) is 4.42 Å². The predicted octanol–water partition coefficient (Wildman–Crippen LogP) is 4.03. The maximum absolute atomic E-state index is 12.6. The number of carbonyl (C=O) groups is 1. The van der Waals surface area contributed by atoms with Crippen LogP contribution in [0.25, 0.3) is 0 Å². The lowest BCUT2D eigenvalue weighted by Crippen LogP contribution is -2.41. The fourth-order valence-corrected chi connectivity index (χ4v) is 3.27. The van der Waals surface area contributed by atoms with Crippen LogP contribution in [0.2, 0.25) is 0 Å². The molecule has 3 aromatic rings. The van der Waals surface area contributed by atoms with Crippen molar-refractivity contribution in [3.05, 3.63) is 81.9 Å². The molecule has 8 heteroatoms. The van der Waals surface area contributed by atoms with Gasteiger partial charge in [-0.2, -0.15) is 13.2 Å². The van der Waals surface area contributed by atoms with E-state index >= 15 is 0 Å². The molecule has 4 nitrogen and oxygen atoms in total. The number of nitrogens with one attached hydrogen (secondary N) is 1. The number of halogens is 3. The van der Waals surface area contributed by atoms with Crippen molar-refractivity contribution in [2.24, 2.45) is 0 Å². The standard InChI is InChI=1S/C18H14F3NO3S/c19-18(20,21)13-7-5-12(6-8-13)16(23)22-11-17(24,14-3-1-9-25-14)15-4-2-10-26-15/h1-10,24H,11H2,(H,22,23). The highest BCUT2D eigenvalue weighted by molar-refractivity contribution is 7.10. The number of hydrogen-bond donors (Lipinski definition) is 2. The predicted molar refractivity (Wildman–Crippen MR) is 89.8 cm³/mol. The van der Waals surface area contributed by atoms with E-state index in [0.29, 0.717) is 4.88 Å². The molecule has 2 aromatic heterocycles. The van der Waals surface area contributed by atoms with E-state index in [-0.39, 0.29) is 17.9 Å². The molecule has 0 spiro atoms. The molecule has 2 heterocycles. The average molecular weight is 381 g/mol. The van der Waals surface area contributed by atoms with E-state index in [9.17, 15) is 23.1 Å². The molecule has 3 rings (SSSR count). The van der Waals surface area contributed by atoms with Gasteiger partial charge in [-0.05, 0) is 47.8 Å². The van der Waals surface area contributed by atoms with Gasteiger partial charge in [0.2, 0.25) is 0 Å². The van der Waals surface area contributed by atoms with E-state index in [1.54, 1.807) is 29.6 Å². The first-order chi connectivity index (χ1) is 12.3. The van der Waals surface area contributed by atoms with Gasteiger partial charge in [-0.25, -0.2) is 0 Å². The highest BCUT2D eigenvalue weighted by Crippen LogP contribution is 2.33. The third-order valence-electron chi connectivity index (χ3n) is 3.84. The van der Waals surface area contributed by atoms with Crippen molar-refractivity contribution in [3.63, 3.8) is 0 Å². The minimum absolute atomic E-state index is 0.0611. The minimum atomic E-state index is -4.46. The van der Waals surface area contributed by atoms with Crippen LogP contribution >= 0.6 is 11.3 Å². The Hall–Kier alpha value is -2.58. The Morgan fingerprint density at radius 2 is 1.85 bits per heavy atom. The summed E-state index contributed by atoms with van der Waals surface area (Å²) in [7, 11) is 0. The Kier molecular flexibility index (Phi) is 4.88. The third-order valence-corrected chi connectivity index (χ3v) is 4.86. The Morgan fingerprint density at radius 3 is 2.38 bits per heavy atom. The van der Waals surface area contributed by atoms with E-state index in [1.165, 1.54) is 17.6 Å². The number of alkyl halides is 3. The molecule has 0 fully saturated rings. The lowest BCUT2D eigenvalue weighted by atomic mass is 9.98. The van der Waals surface area contributed by atoms with Crippen LogP contribution in [-0.2, 0) is 11.8 Å². The maximum Gasteiger partial charge on any atom is 0.416 e. The SMILES string of the molecule is O=C(NCC(O)(c1ccco1)c1cccs1)c1ccc(C(F)(F)F)cc1. The fraction of sp³-hybridized carbons (Fsp3) is 0.167. The number of benzene rings is 1. The van der Waals surface area contributed by atoms with E-state index in [0.717, 1.165) is 24.3 Å². The van der Waals surface area contributed by atoms with Crippen molar-refractivity contribution in [2.45, 2.75) is 11.8 Å². The summed E-state index contributed by atoms with van der Waals surface area (Å²) in [6.45, 7) is -0.194. The summed E-state index contributed by atoms with van der Waals surface area (Å²) < 4.78 is 43.1. The van der Waals surface area contributed by atoms with Gasteiger partial charge < -0.3 is 14.8 Å². The molecule has 136 valence electrons. The van der Waals surface area contributed by atoms with E-state index < -0.39 is 23.2 Å². The minimum Gasteiger partial charge on any atom is -0.466 e. The number of carbonyl (C=O) groups excluding carboxylic acids is 1. The molecular formula is C18H14F3NO3S. The monoisotopic (exact) mass is 381 g/mol. The molecule has 1 unspecified atom stereocenters. The van der Waals surface area contributed by atoms with Gasteiger partial charge in [0.25, 0.3) is 5.91 Å². The van der Waals surface area contributed by atoms with Crippen LogP contribution in [-0.4, -0.2) is 17.6 Å². The van der Waals surface area contributed by atoms with Crippen LogP contribution in [0.5, 0.6) is 0 Å². The van der Waals surface area contributed by atoms with Crippen molar-refractivity contribution < 1.29 is 27.5 Å². The van der Waals surface area contributed by atoms with Crippen LogP contribution in [0.15, 0.2) is 64.6 Å². The zero-order chi connectivity index (χ0) is 18.8. The Bertz CT molecular complexity index is 822. The first-order valence-corrected chi connectivity index (χ1v) is 8.44. The molecule has 1 amide bonds. The lowest BCUT2D eigenvalue weighted by molar-refractivity contribution is -0.137. The first-order valence-electron chi connectivity index (χ1n) is 7.56. The molecule has 0 aliphatic heterocycles. The molecule has 26 heavy (non-hydrogen) atoms. The highest BCUT2D eigenvalue weighted by Gasteiger charge is 2.36. The second-order valence-corrected chi connectivity index (χ2v) is 6.52. The first kappa shape index (κ1) is 18.2. The van der Waals surface area contributed by atoms with Gasteiger partial charge >= 0.3 is 6.18 Å². The molecule has 2 N–H and O–H groups in total. The molecule has 0 bridgehead atoms. The van der Waals surface area contributed by atoms with Gasteiger partial charge in [-0.3, -0.25) is 4.79 Å². The molecule has 0 aliphatic carbocycles. The fourth-order valence-electron chi connectivity index (χ4n) is 2.44. The second kappa shape index (κ2) is 6.97. The zero-order valence-electron chi connectivity index (χ0n) is 13.3. The molecule has 0 radical (unpaired) electrons. The number of amides is 1. The summed E-state index contributed by atoms with van der Waals surface area (Å²) in [6, 6.07) is 10.5. The van der Waals surface area contributed by atoms with Gasteiger partial charge in [0, 0.05) is 10.4 Å². The van der Waals surface area contributed by atoms with Crippen LogP contribution in [0, 0.1) is 0 Å². The summed E-state index contributed by atoms with van der Waals surface area (Å²) in [5, 5.41) is 15.4. The topological polar surface area (TPSA) is 62.5 Å². The number of thiophene rings is 1. The molecule has 0 saturated heterocycles. The number of aliphatic hydroxyl groups is 1. The quantitative estimate of drug-likeness (QED) is 0.702. The maximum atomic E-state index is 12.6. The van der Waals surface area contributed by atoms with Gasteiger partial charge in [0.05, 0.1) is 18.4 Å². The zero-order valence-corrected chi connectivity index (χ0v) is 14.1. The van der Waals surface area contributed by atoms with E-state index in [2.05, 4.69) is 5.32 Å². The smallest absolute Gasteiger partial charge is 0.416 e.